The number of benzene rings is 4. The lowest BCUT2D eigenvalue weighted by molar-refractivity contribution is 0.667. The van der Waals surface area contributed by atoms with Crippen molar-refractivity contribution in [2.24, 2.45) is 7.05 Å². The normalized spacial score (nSPS) is 12.5. The van der Waals surface area contributed by atoms with Crippen molar-refractivity contribution < 1.29 is 8.83 Å². The van der Waals surface area contributed by atoms with Crippen molar-refractivity contribution in [3.63, 3.8) is 0 Å². The summed E-state index contributed by atoms with van der Waals surface area (Å²) in [5, 5.41) is 6.83. The molecule has 0 saturated heterocycles. The largest absolute Gasteiger partial charge is 0.455 e. The van der Waals surface area contributed by atoms with Crippen LogP contribution >= 0.6 is 0 Å². The molecule has 0 saturated carbocycles. The molecule has 7 aromatic rings. The molecule has 3 aromatic heterocycles. The highest BCUT2D eigenvalue weighted by Gasteiger charge is 2.24. The van der Waals surface area contributed by atoms with Gasteiger partial charge in [-0.25, -0.2) is 0 Å². The van der Waals surface area contributed by atoms with Gasteiger partial charge in [-0.15, -0.1) is 0 Å². The van der Waals surface area contributed by atoms with Gasteiger partial charge >= 0.3 is 0 Å². The first kappa shape index (κ1) is 14.4. The van der Waals surface area contributed by atoms with E-state index in [1.165, 1.54) is 10.9 Å². The molecule has 0 radical (unpaired) electrons. The van der Waals surface area contributed by atoms with Crippen molar-refractivity contribution in [2.45, 2.75) is 0 Å². The summed E-state index contributed by atoms with van der Waals surface area (Å²) < 4.78 is 15.1. The molecule has 0 bridgehead atoms. The van der Waals surface area contributed by atoms with Crippen LogP contribution in [0.1, 0.15) is 0 Å². The summed E-state index contributed by atoms with van der Waals surface area (Å²) in [6, 6.07) is 25.0. The van der Waals surface area contributed by atoms with E-state index < -0.39 is 0 Å². The van der Waals surface area contributed by atoms with E-state index in [4.69, 9.17) is 8.83 Å². The van der Waals surface area contributed by atoms with E-state index in [0.29, 0.717) is 0 Å². The number of hydrogen-bond acceptors (Lipinski definition) is 2. The van der Waals surface area contributed by atoms with Gasteiger partial charge in [-0.05, 0) is 18.2 Å². The third kappa shape index (κ3) is 1.53. The zero-order valence-corrected chi connectivity index (χ0v) is 15.2. The van der Waals surface area contributed by atoms with Crippen molar-refractivity contribution in [1.82, 2.24) is 4.57 Å². The summed E-state index contributed by atoms with van der Waals surface area (Å²) in [4.78, 5) is 0. The van der Waals surface area contributed by atoms with Crippen LogP contribution in [0.15, 0.2) is 81.6 Å². The first-order valence-corrected chi connectivity index (χ1v) is 9.44. The molecule has 0 amide bonds. The maximum absolute atomic E-state index is 6.46. The molecule has 3 heterocycles. The highest BCUT2D eigenvalue weighted by molar-refractivity contribution is 6.37. The van der Waals surface area contributed by atoms with Crippen molar-refractivity contribution in [2.75, 3.05) is 0 Å². The van der Waals surface area contributed by atoms with Crippen LogP contribution in [0.5, 0.6) is 0 Å². The predicted molar refractivity (Wildman–Crippen MR) is 115 cm³/mol. The van der Waals surface area contributed by atoms with Gasteiger partial charge in [0.2, 0.25) is 0 Å². The Bertz CT molecular complexity index is 1730. The molecule has 0 aliphatic heterocycles. The van der Waals surface area contributed by atoms with Crippen molar-refractivity contribution in [3.05, 3.63) is 72.8 Å². The Balaban J connectivity index is 1.97. The molecule has 0 spiro atoms. The van der Waals surface area contributed by atoms with E-state index >= 15 is 0 Å². The Hall–Kier alpha value is -3.72. The number of nitrogens with zero attached hydrogens (tertiary/aromatic N) is 1. The monoisotopic (exact) mass is 361 g/mol. The summed E-state index contributed by atoms with van der Waals surface area (Å²) in [5.74, 6) is 0. The minimum atomic E-state index is 0.904. The molecule has 3 nitrogen and oxygen atoms in total. The number of furan rings is 2. The van der Waals surface area contributed by atoms with Gasteiger partial charge in [0.05, 0.1) is 10.9 Å². The minimum absolute atomic E-state index is 0.904. The highest BCUT2D eigenvalue weighted by Crippen LogP contribution is 2.47. The molecule has 0 fully saturated rings. The van der Waals surface area contributed by atoms with E-state index in [1.54, 1.807) is 0 Å². The van der Waals surface area contributed by atoms with E-state index in [1.807, 2.05) is 24.3 Å². The Labute approximate surface area is 159 Å². The predicted octanol–water partition coefficient (Wildman–Crippen LogP) is 7.13. The second kappa shape index (κ2) is 4.76. The molecule has 3 heteroatoms. The quantitative estimate of drug-likeness (QED) is 0.288. The molecule has 0 unspecified atom stereocenters. The zero-order chi connectivity index (χ0) is 18.4. The molecular weight excluding hydrogens is 346 g/mol. The molecule has 4 aromatic carbocycles. The molecule has 0 aliphatic carbocycles. The standard InChI is InChI=1S/C25H15NO2/c1-26-17-11-5-2-8-14(17)22-23(26)25-21(16-10-4-7-13-19(16)28-25)20-15-9-3-6-12-18(15)27-24(20)22/h2-13H,1H3. The second-order valence-corrected chi connectivity index (χ2v) is 7.40. The fourth-order valence-electron chi connectivity index (χ4n) is 4.82. The highest BCUT2D eigenvalue weighted by atomic mass is 16.3. The molecule has 28 heavy (non-hydrogen) atoms. The maximum atomic E-state index is 6.46. The van der Waals surface area contributed by atoms with Gasteiger partial charge in [-0.3, -0.25) is 0 Å². The number of aromatic nitrogens is 1. The van der Waals surface area contributed by atoms with E-state index in [9.17, 15) is 0 Å². The lowest BCUT2D eigenvalue weighted by atomic mass is 10.0. The van der Waals surface area contributed by atoms with Crippen LogP contribution in [0, 0.1) is 0 Å². The minimum Gasteiger partial charge on any atom is -0.455 e. The smallest absolute Gasteiger partial charge is 0.160 e. The fourth-order valence-corrected chi connectivity index (χ4v) is 4.82. The molecule has 132 valence electrons. The van der Waals surface area contributed by atoms with Crippen LogP contribution in [0.25, 0.3) is 65.7 Å². The van der Waals surface area contributed by atoms with Crippen molar-refractivity contribution in [3.8, 4) is 0 Å². The summed E-state index contributed by atoms with van der Waals surface area (Å²) in [6.45, 7) is 0. The third-order valence-corrected chi connectivity index (χ3v) is 5.99. The lowest BCUT2D eigenvalue weighted by Crippen LogP contribution is -1.87. The lowest BCUT2D eigenvalue weighted by Gasteiger charge is -2.00. The van der Waals surface area contributed by atoms with Crippen LogP contribution < -0.4 is 0 Å². The molecule has 0 aliphatic rings. The van der Waals surface area contributed by atoms with Crippen molar-refractivity contribution in [1.29, 1.82) is 0 Å². The summed E-state index contributed by atoms with van der Waals surface area (Å²) in [6.07, 6.45) is 0. The Morgan fingerprint density at radius 1 is 0.571 bits per heavy atom. The Kier molecular flexibility index (Phi) is 2.44. The van der Waals surface area contributed by atoms with Crippen molar-refractivity contribution >= 4 is 65.7 Å². The number of hydrogen-bond donors (Lipinski definition) is 0. The van der Waals surface area contributed by atoms with Gasteiger partial charge in [0, 0.05) is 39.5 Å². The zero-order valence-electron chi connectivity index (χ0n) is 15.2. The van der Waals surface area contributed by atoms with Gasteiger partial charge in [-0.2, -0.15) is 0 Å². The topological polar surface area (TPSA) is 31.2 Å². The SMILES string of the molecule is Cn1c2ccccc2c2c3oc4ccccc4c3c3c4ccccc4oc3c21. The van der Waals surface area contributed by atoms with Gasteiger partial charge in [0.15, 0.2) is 5.58 Å². The molecule has 7 rings (SSSR count). The van der Waals surface area contributed by atoms with Gasteiger partial charge < -0.3 is 13.4 Å². The Morgan fingerprint density at radius 3 is 1.82 bits per heavy atom. The van der Waals surface area contributed by atoms with Gasteiger partial charge in [0.1, 0.15) is 16.7 Å². The van der Waals surface area contributed by atoms with Crippen LogP contribution in [-0.4, -0.2) is 4.57 Å². The van der Waals surface area contributed by atoms with E-state index in [-0.39, 0.29) is 0 Å². The summed E-state index contributed by atoms with van der Waals surface area (Å²) in [7, 11) is 2.10. The summed E-state index contributed by atoms with van der Waals surface area (Å²) in [5.41, 5.74) is 5.93. The van der Waals surface area contributed by atoms with Crippen LogP contribution in [-0.2, 0) is 7.05 Å². The fraction of sp³-hybridized carbons (Fsp3) is 0.0400. The molecular formula is C25H15NO2. The average Bonchev–Trinajstić information content (AvgIpc) is 3.38. The van der Waals surface area contributed by atoms with Crippen LogP contribution in [0.2, 0.25) is 0 Å². The number of para-hydroxylation sites is 3. The molecule has 0 N–H and O–H groups in total. The van der Waals surface area contributed by atoms with Crippen LogP contribution in [0.4, 0.5) is 0 Å². The number of fused-ring (bicyclic) bond motifs is 12. The number of rotatable bonds is 0. The second-order valence-electron chi connectivity index (χ2n) is 7.40. The first-order chi connectivity index (χ1) is 13.8. The molecule has 0 atom stereocenters. The van der Waals surface area contributed by atoms with Gasteiger partial charge in [-0.1, -0.05) is 54.6 Å². The van der Waals surface area contributed by atoms with Crippen LogP contribution in [0.3, 0.4) is 0 Å². The average molecular weight is 361 g/mol. The number of aryl methyl sites for hydroxylation is 1. The van der Waals surface area contributed by atoms with Gasteiger partial charge in [0.25, 0.3) is 0 Å². The Morgan fingerprint density at radius 2 is 1.11 bits per heavy atom. The maximum Gasteiger partial charge on any atom is 0.160 e. The summed E-state index contributed by atoms with van der Waals surface area (Å²) >= 11 is 0. The van der Waals surface area contributed by atoms with E-state index in [2.05, 4.69) is 60.1 Å². The first-order valence-electron chi connectivity index (χ1n) is 9.44. The third-order valence-electron chi connectivity index (χ3n) is 5.99. The van der Waals surface area contributed by atoms with E-state index in [0.717, 1.165) is 54.8 Å².